The monoisotopic (exact) mass is 570 g/mol. The number of nitrogens with zero attached hydrogens (tertiary/aromatic N) is 1. The molecule has 1 heterocycles. The van der Waals surface area contributed by atoms with Crippen molar-refractivity contribution in [2.24, 2.45) is 11.7 Å². The minimum atomic E-state index is -0.605. The van der Waals surface area contributed by atoms with Crippen LogP contribution < -0.4 is 21.3 Å². The first kappa shape index (κ1) is 27.9. The van der Waals surface area contributed by atoms with Gasteiger partial charge in [0.05, 0.1) is 23.8 Å². The molecule has 0 spiro atoms. The van der Waals surface area contributed by atoms with Gasteiger partial charge in [-0.15, -0.1) is 0 Å². The van der Waals surface area contributed by atoms with Crippen LogP contribution >= 0.6 is 23.2 Å². The molecule has 1 aliphatic heterocycles. The molecule has 9 heteroatoms. The van der Waals surface area contributed by atoms with E-state index in [2.05, 4.69) is 10.6 Å². The van der Waals surface area contributed by atoms with Gasteiger partial charge >= 0.3 is 0 Å². The summed E-state index contributed by atoms with van der Waals surface area (Å²) < 4.78 is 0. The molecule has 208 valence electrons. The lowest BCUT2D eigenvalue weighted by Gasteiger charge is -2.32. The number of anilines is 2. The van der Waals surface area contributed by atoms with Crippen molar-refractivity contribution in [2.45, 2.75) is 88.8 Å². The van der Waals surface area contributed by atoms with Crippen molar-refractivity contribution < 1.29 is 14.4 Å². The Morgan fingerprint density at radius 3 is 2.49 bits per heavy atom. The van der Waals surface area contributed by atoms with Crippen molar-refractivity contribution in [3.05, 3.63) is 57.6 Å². The Labute approximate surface area is 239 Å². The number of hydrogen-bond acceptors (Lipinski definition) is 4. The molecule has 0 bridgehead atoms. The Bertz CT molecular complexity index is 1250. The maximum Gasteiger partial charge on any atom is 0.251 e. The average molecular weight is 572 g/mol. The lowest BCUT2D eigenvalue weighted by Crippen LogP contribution is -2.49. The van der Waals surface area contributed by atoms with Crippen LogP contribution in [0, 0.1) is 5.92 Å². The molecule has 2 saturated carbocycles. The van der Waals surface area contributed by atoms with Crippen molar-refractivity contribution in [1.82, 2.24) is 5.32 Å². The molecule has 2 fully saturated rings. The summed E-state index contributed by atoms with van der Waals surface area (Å²) in [7, 11) is 0. The first-order valence-electron chi connectivity index (χ1n) is 14.1. The molecule has 3 amide bonds. The maximum atomic E-state index is 13.9. The Morgan fingerprint density at radius 1 is 1.00 bits per heavy atom. The van der Waals surface area contributed by atoms with E-state index in [1.165, 1.54) is 12.8 Å². The van der Waals surface area contributed by atoms with E-state index in [0.717, 1.165) is 44.9 Å². The van der Waals surface area contributed by atoms with Crippen molar-refractivity contribution in [2.75, 3.05) is 10.2 Å². The van der Waals surface area contributed by atoms with Gasteiger partial charge in [0.2, 0.25) is 11.8 Å². The van der Waals surface area contributed by atoms with E-state index >= 15 is 0 Å². The Kier molecular flexibility index (Phi) is 8.79. The van der Waals surface area contributed by atoms with E-state index < -0.39 is 6.04 Å². The molecule has 3 atom stereocenters. The number of rotatable bonds is 6. The van der Waals surface area contributed by atoms with Gasteiger partial charge in [0.1, 0.15) is 0 Å². The zero-order chi connectivity index (χ0) is 27.5. The van der Waals surface area contributed by atoms with Gasteiger partial charge in [-0.2, -0.15) is 0 Å². The van der Waals surface area contributed by atoms with Crippen LogP contribution in [-0.2, 0) is 9.59 Å². The third kappa shape index (κ3) is 6.42. The number of benzene rings is 2. The fourth-order valence-corrected chi connectivity index (χ4v) is 6.82. The van der Waals surface area contributed by atoms with Gasteiger partial charge in [-0.3, -0.25) is 14.4 Å². The molecule has 0 saturated heterocycles. The Balaban J connectivity index is 1.47. The highest BCUT2D eigenvalue weighted by Gasteiger charge is 2.35. The smallest absolute Gasteiger partial charge is 0.251 e. The van der Waals surface area contributed by atoms with E-state index in [0.29, 0.717) is 44.9 Å². The molecule has 7 nitrogen and oxygen atoms in total. The summed E-state index contributed by atoms with van der Waals surface area (Å²) in [5, 5.41) is 6.88. The van der Waals surface area contributed by atoms with Crippen LogP contribution in [0.25, 0.3) is 0 Å². The van der Waals surface area contributed by atoms with Crippen molar-refractivity contribution in [3.8, 4) is 0 Å². The van der Waals surface area contributed by atoms with Gasteiger partial charge in [-0.25, -0.2) is 0 Å². The Hall–Kier alpha value is -2.61. The Morgan fingerprint density at radius 2 is 1.74 bits per heavy atom. The highest BCUT2D eigenvalue weighted by molar-refractivity contribution is 6.35. The molecule has 2 aliphatic carbocycles. The van der Waals surface area contributed by atoms with Crippen LogP contribution in [0.3, 0.4) is 0 Å². The number of carbonyl (C=O) groups excluding carboxylic acids is 3. The van der Waals surface area contributed by atoms with Gasteiger partial charge in [0.25, 0.3) is 5.91 Å². The number of carbonyl (C=O) groups is 3. The van der Waals surface area contributed by atoms with Crippen molar-refractivity contribution >= 4 is 52.3 Å². The van der Waals surface area contributed by atoms with Crippen molar-refractivity contribution in [1.29, 1.82) is 0 Å². The number of nitrogens with one attached hydrogen (secondary N) is 2. The van der Waals surface area contributed by atoms with E-state index in [-0.39, 0.29) is 36.2 Å². The second-order valence-electron chi connectivity index (χ2n) is 11.1. The second kappa shape index (κ2) is 12.3. The third-order valence-corrected chi connectivity index (χ3v) is 9.01. The zero-order valence-electron chi connectivity index (χ0n) is 22.1. The van der Waals surface area contributed by atoms with Crippen molar-refractivity contribution in [3.63, 3.8) is 0 Å². The standard InChI is InChI=1S/C30H36Cl2N4O3/c31-20-11-12-21(22(32)16-20)27-17-28(37)34-25-15-19(30(39)35-24-8-4-3-7-23(24)33)10-13-26(25)36(27)29(38)14-9-18-5-1-2-6-18/h10-13,15-16,18,23-24,27H,1-9,14,17,33H2,(H,34,37)(H,35,39). The van der Waals surface area contributed by atoms with E-state index in [9.17, 15) is 14.4 Å². The summed E-state index contributed by atoms with van der Waals surface area (Å²) in [6, 6.07) is 9.49. The number of hydrogen-bond donors (Lipinski definition) is 3. The number of halogens is 2. The molecule has 3 unspecified atom stereocenters. The van der Waals surface area contributed by atoms with E-state index in [1.54, 1.807) is 41.3 Å². The summed E-state index contributed by atoms with van der Waals surface area (Å²) in [5.41, 5.74) is 8.29. The number of nitrogens with two attached hydrogens (primary N) is 1. The molecule has 0 aromatic heterocycles. The van der Waals surface area contributed by atoms with Crippen LogP contribution in [-0.4, -0.2) is 29.8 Å². The molecule has 3 aliphatic rings. The maximum absolute atomic E-state index is 13.9. The molecule has 0 radical (unpaired) electrons. The molecular weight excluding hydrogens is 535 g/mol. The predicted molar refractivity (Wildman–Crippen MR) is 155 cm³/mol. The van der Waals surface area contributed by atoms with Crippen LogP contribution in [0.1, 0.15) is 92.6 Å². The largest absolute Gasteiger partial charge is 0.348 e. The van der Waals surface area contributed by atoms with E-state index in [1.807, 2.05) is 0 Å². The van der Waals surface area contributed by atoms with Gasteiger partial charge in [-0.1, -0.05) is 67.8 Å². The summed E-state index contributed by atoms with van der Waals surface area (Å²) in [5.74, 6) is -0.0173. The van der Waals surface area contributed by atoms with Gasteiger partial charge in [-0.05, 0) is 61.1 Å². The zero-order valence-corrected chi connectivity index (χ0v) is 23.6. The molecular formula is C30H36Cl2N4O3. The summed E-state index contributed by atoms with van der Waals surface area (Å²) in [6.45, 7) is 0. The third-order valence-electron chi connectivity index (χ3n) is 8.45. The normalized spacial score (nSPS) is 23.6. The molecule has 39 heavy (non-hydrogen) atoms. The SMILES string of the molecule is NC1CCCCC1NC(=O)c1ccc2c(c1)NC(=O)CC(c1ccc(Cl)cc1Cl)N2C(=O)CCC1CCCC1. The fourth-order valence-electron chi connectivity index (χ4n) is 6.29. The van der Waals surface area contributed by atoms with Crippen LogP contribution in [0.2, 0.25) is 10.0 Å². The molecule has 5 rings (SSSR count). The minimum Gasteiger partial charge on any atom is -0.348 e. The molecule has 2 aromatic carbocycles. The minimum absolute atomic E-state index is 0.0314. The van der Waals surface area contributed by atoms with Gasteiger partial charge < -0.3 is 21.3 Å². The van der Waals surface area contributed by atoms with Crippen LogP contribution in [0.5, 0.6) is 0 Å². The lowest BCUT2D eigenvalue weighted by atomic mass is 9.91. The van der Waals surface area contributed by atoms with E-state index in [4.69, 9.17) is 28.9 Å². The first-order chi connectivity index (χ1) is 18.8. The molecule has 2 aromatic rings. The topological polar surface area (TPSA) is 105 Å². The highest BCUT2D eigenvalue weighted by atomic mass is 35.5. The summed E-state index contributed by atoms with van der Waals surface area (Å²) in [4.78, 5) is 41.9. The number of amides is 3. The fraction of sp³-hybridized carbons (Fsp3) is 0.500. The highest BCUT2D eigenvalue weighted by Crippen LogP contribution is 2.42. The van der Waals surface area contributed by atoms with Crippen LogP contribution in [0.15, 0.2) is 36.4 Å². The first-order valence-corrected chi connectivity index (χ1v) is 14.8. The quantitative estimate of drug-likeness (QED) is 0.374. The second-order valence-corrected chi connectivity index (χ2v) is 12.0. The summed E-state index contributed by atoms with van der Waals surface area (Å²) in [6.07, 6.45) is 9.79. The lowest BCUT2D eigenvalue weighted by molar-refractivity contribution is -0.119. The average Bonchev–Trinajstić information content (AvgIpc) is 3.38. The van der Waals surface area contributed by atoms with Gasteiger partial charge in [0, 0.05) is 34.1 Å². The van der Waals surface area contributed by atoms with Gasteiger partial charge in [0.15, 0.2) is 0 Å². The number of fused-ring (bicyclic) bond motifs is 1. The molecule has 4 N–H and O–H groups in total. The predicted octanol–water partition coefficient (Wildman–Crippen LogP) is 6.38. The van der Waals surface area contributed by atoms with Crippen LogP contribution in [0.4, 0.5) is 11.4 Å². The summed E-state index contributed by atoms with van der Waals surface area (Å²) >= 11 is 12.8.